The van der Waals surface area contributed by atoms with Gasteiger partial charge in [0.25, 0.3) is 5.91 Å². The molecule has 136 valence electrons. The number of aromatic nitrogens is 5. The van der Waals surface area contributed by atoms with Crippen LogP contribution in [0.5, 0.6) is 0 Å². The molecular weight excluding hydrogens is 336 g/mol. The van der Waals surface area contributed by atoms with Gasteiger partial charge in [0.1, 0.15) is 12.6 Å². The van der Waals surface area contributed by atoms with Crippen molar-refractivity contribution in [2.24, 2.45) is 7.05 Å². The smallest absolute Gasteiger partial charge is 0.273 e. The van der Waals surface area contributed by atoms with Gasteiger partial charge in [-0.1, -0.05) is 5.16 Å². The molecule has 0 radical (unpaired) electrons. The van der Waals surface area contributed by atoms with Crippen molar-refractivity contribution in [3.05, 3.63) is 53.4 Å². The second kappa shape index (κ2) is 6.75. The molecule has 1 aliphatic rings. The minimum atomic E-state index is -0.278. The van der Waals surface area contributed by atoms with Crippen LogP contribution in [0.15, 0.2) is 35.2 Å². The molecule has 1 saturated heterocycles. The lowest BCUT2D eigenvalue weighted by atomic mass is 10.1. The summed E-state index contributed by atoms with van der Waals surface area (Å²) in [7, 11) is 1.86. The van der Waals surface area contributed by atoms with Gasteiger partial charge in [0.05, 0.1) is 17.9 Å². The Morgan fingerprint density at radius 2 is 2.31 bits per heavy atom. The fourth-order valence-electron chi connectivity index (χ4n) is 3.14. The quantitative estimate of drug-likeness (QED) is 0.738. The summed E-state index contributed by atoms with van der Waals surface area (Å²) in [6, 6.07) is 3.41. The molecule has 3 aromatic rings. The fourth-order valence-corrected chi connectivity index (χ4v) is 3.14. The van der Waals surface area contributed by atoms with E-state index in [9.17, 15) is 4.79 Å². The van der Waals surface area contributed by atoms with Crippen molar-refractivity contribution in [1.29, 1.82) is 0 Å². The molecule has 3 aromatic heterocycles. The van der Waals surface area contributed by atoms with Crippen molar-refractivity contribution in [2.75, 3.05) is 6.61 Å². The molecular formula is C17H20N6O3. The fraction of sp³-hybridized carbons (Fsp3) is 0.412. The number of carbonyl (C=O) groups excluding carboxylic acids is 1. The molecule has 1 fully saturated rings. The summed E-state index contributed by atoms with van der Waals surface area (Å²) in [5.74, 6) is 0.295. The highest BCUT2D eigenvalue weighted by Gasteiger charge is 2.33. The van der Waals surface area contributed by atoms with Crippen LogP contribution in [-0.4, -0.2) is 43.3 Å². The van der Waals surface area contributed by atoms with Gasteiger partial charge < -0.3 is 14.6 Å². The molecule has 1 N–H and O–H groups in total. The number of nitrogens with one attached hydrogen (secondary N) is 1. The standard InChI is InChI=1S/C17H20N6O3/c1-11-8-19-23(9-11)10-12-7-14(21-26-12)17(24)20-13-4-6-25-16(13)15-3-5-18-22(15)2/h3,5,7-9,13,16H,4,6,10H2,1-2H3,(H,20,24)/t13-,16-/m0/s1. The van der Waals surface area contributed by atoms with Crippen LogP contribution < -0.4 is 5.32 Å². The summed E-state index contributed by atoms with van der Waals surface area (Å²) < 4.78 is 14.5. The normalized spacial score (nSPS) is 19.8. The molecule has 4 heterocycles. The van der Waals surface area contributed by atoms with Crippen LogP contribution >= 0.6 is 0 Å². The van der Waals surface area contributed by atoms with Gasteiger partial charge in [-0.15, -0.1) is 0 Å². The molecule has 26 heavy (non-hydrogen) atoms. The summed E-state index contributed by atoms with van der Waals surface area (Å²) in [5, 5.41) is 15.2. The van der Waals surface area contributed by atoms with Crippen molar-refractivity contribution in [2.45, 2.75) is 32.0 Å². The highest BCUT2D eigenvalue weighted by molar-refractivity contribution is 5.92. The minimum Gasteiger partial charge on any atom is -0.370 e. The number of nitrogens with zero attached hydrogens (tertiary/aromatic N) is 5. The zero-order valence-corrected chi connectivity index (χ0v) is 14.6. The Balaban J connectivity index is 1.42. The number of rotatable bonds is 5. The Kier molecular flexibility index (Phi) is 4.29. The first-order chi connectivity index (χ1) is 12.6. The molecule has 0 aliphatic carbocycles. The number of aryl methyl sites for hydroxylation is 2. The van der Waals surface area contributed by atoms with Crippen LogP contribution in [0.2, 0.25) is 0 Å². The van der Waals surface area contributed by atoms with Gasteiger partial charge in [0.15, 0.2) is 11.5 Å². The van der Waals surface area contributed by atoms with E-state index in [0.717, 1.165) is 17.7 Å². The van der Waals surface area contributed by atoms with E-state index in [0.29, 0.717) is 18.9 Å². The number of ether oxygens (including phenoxy) is 1. The topological polar surface area (TPSA) is 100 Å². The number of amides is 1. The Morgan fingerprint density at radius 3 is 3.04 bits per heavy atom. The number of hydrogen-bond donors (Lipinski definition) is 1. The van der Waals surface area contributed by atoms with Crippen LogP contribution in [0.3, 0.4) is 0 Å². The van der Waals surface area contributed by atoms with Gasteiger partial charge in [0.2, 0.25) is 0 Å². The Hall–Kier alpha value is -2.94. The lowest BCUT2D eigenvalue weighted by molar-refractivity contribution is 0.0787. The first kappa shape index (κ1) is 16.5. The average molecular weight is 356 g/mol. The SMILES string of the molecule is Cc1cnn(Cc2cc(C(=O)N[C@H]3CCO[C@@H]3c3ccnn3C)no2)c1. The summed E-state index contributed by atoms with van der Waals surface area (Å²) in [4.78, 5) is 12.5. The van der Waals surface area contributed by atoms with Crippen LogP contribution in [0.1, 0.15) is 40.0 Å². The molecule has 4 rings (SSSR count). The number of hydrogen-bond acceptors (Lipinski definition) is 6. The van der Waals surface area contributed by atoms with Crippen molar-refractivity contribution >= 4 is 5.91 Å². The molecule has 1 amide bonds. The van der Waals surface area contributed by atoms with Crippen molar-refractivity contribution < 1.29 is 14.1 Å². The van der Waals surface area contributed by atoms with E-state index >= 15 is 0 Å². The molecule has 0 unspecified atom stereocenters. The second-order valence-electron chi connectivity index (χ2n) is 6.43. The van der Waals surface area contributed by atoms with Crippen LogP contribution in [0.25, 0.3) is 0 Å². The monoisotopic (exact) mass is 356 g/mol. The van der Waals surface area contributed by atoms with Crippen molar-refractivity contribution in [3.8, 4) is 0 Å². The molecule has 1 aliphatic heterocycles. The maximum Gasteiger partial charge on any atom is 0.273 e. The van der Waals surface area contributed by atoms with Gasteiger partial charge in [0, 0.05) is 32.1 Å². The lowest BCUT2D eigenvalue weighted by Gasteiger charge is -2.19. The zero-order chi connectivity index (χ0) is 18.1. The van der Waals surface area contributed by atoms with E-state index in [1.165, 1.54) is 0 Å². The molecule has 0 bridgehead atoms. The Bertz CT molecular complexity index is 911. The third kappa shape index (κ3) is 3.25. The highest BCUT2D eigenvalue weighted by atomic mass is 16.5. The highest BCUT2D eigenvalue weighted by Crippen LogP contribution is 2.28. The molecule has 0 saturated carbocycles. The maximum atomic E-state index is 12.5. The summed E-state index contributed by atoms with van der Waals surface area (Å²) in [6.45, 7) is 2.98. The first-order valence-electron chi connectivity index (χ1n) is 8.45. The summed E-state index contributed by atoms with van der Waals surface area (Å²) >= 11 is 0. The molecule has 0 aromatic carbocycles. The van der Waals surface area contributed by atoms with Gasteiger partial charge in [-0.05, 0) is 25.0 Å². The first-order valence-corrected chi connectivity index (χ1v) is 8.45. The Morgan fingerprint density at radius 1 is 1.42 bits per heavy atom. The summed E-state index contributed by atoms with van der Waals surface area (Å²) in [6.07, 6.45) is 5.90. The van der Waals surface area contributed by atoms with E-state index in [1.54, 1.807) is 27.8 Å². The van der Waals surface area contributed by atoms with Crippen LogP contribution in [-0.2, 0) is 18.3 Å². The van der Waals surface area contributed by atoms with E-state index < -0.39 is 0 Å². The van der Waals surface area contributed by atoms with E-state index in [-0.39, 0.29) is 23.7 Å². The van der Waals surface area contributed by atoms with E-state index in [4.69, 9.17) is 9.26 Å². The third-order valence-electron chi connectivity index (χ3n) is 4.43. The third-order valence-corrected chi connectivity index (χ3v) is 4.43. The van der Waals surface area contributed by atoms with Crippen molar-refractivity contribution in [3.63, 3.8) is 0 Å². The summed E-state index contributed by atoms with van der Waals surface area (Å²) in [5.41, 5.74) is 2.24. The van der Waals surface area contributed by atoms with Gasteiger partial charge >= 0.3 is 0 Å². The van der Waals surface area contributed by atoms with Crippen LogP contribution in [0, 0.1) is 6.92 Å². The maximum absolute atomic E-state index is 12.5. The second-order valence-corrected chi connectivity index (χ2v) is 6.43. The van der Waals surface area contributed by atoms with Crippen LogP contribution in [0.4, 0.5) is 0 Å². The zero-order valence-electron chi connectivity index (χ0n) is 14.6. The van der Waals surface area contributed by atoms with Gasteiger partial charge in [-0.25, -0.2) is 0 Å². The molecule has 0 spiro atoms. The Labute approximate surface area is 149 Å². The van der Waals surface area contributed by atoms with E-state index in [1.807, 2.05) is 26.2 Å². The molecule has 2 atom stereocenters. The average Bonchev–Trinajstić information content (AvgIpc) is 3.37. The van der Waals surface area contributed by atoms with Gasteiger partial charge in [-0.3, -0.25) is 14.2 Å². The predicted molar refractivity (Wildman–Crippen MR) is 90.3 cm³/mol. The predicted octanol–water partition coefficient (Wildman–Crippen LogP) is 1.22. The molecule has 9 heteroatoms. The van der Waals surface area contributed by atoms with Gasteiger partial charge in [-0.2, -0.15) is 10.2 Å². The van der Waals surface area contributed by atoms with Crippen molar-refractivity contribution in [1.82, 2.24) is 30.0 Å². The minimum absolute atomic E-state index is 0.133. The largest absolute Gasteiger partial charge is 0.370 e. The lowest BCUT2D eigenvalue weighted by Crippen LogP contribution is -2.37. The number of carbonyl (C=O) groups is 1. The molecule has 9 nitrogen and oxygen atoms in total. The van der Waals surface area contributed by atoms with E-state index in [2.05, 4.69) is 20.7 Å².